The van der Waals surface area contributed by atoms with Gasteiger partial charge in [-0.15, -0.1) is 23.1 Å². The fourth-order valence-corrected chi connectivity index (χ4v) is 4.23. The van der Waals surface area contributed by atoms with E-state index in [1.165, 1.54) is 0 Å². The summed E-state index contributed by atoms with van der Waals surface area (Å²) in [5.74, 6) is 1.27. The molecule has 0 atom stereocenters. The lowest BCUT2D eigenvalue weighted by atomic mass is 10.2. The molecule has 3 aromatic rings. The van der Waals surface area contributed by atoms with Crippen molar-refractivity contribution < 1.29 is 0 Å². The number of nitrogens with one attached hydrogen (secondary N) is 1. The molecule has 0 spiro atoms. The van der Waals surface area contributed by atoms with Crippen LogP contribution in [-0.4, -0.2) is 9.97 Å². The number of thioether (sulfide) groups is 1. The second-order valence-electron chi connectivity index (χ2n) is 4.70. The number of benzene rings is 1. The third-order valence-electron chi connectivity index (χ3n) is 3.29. The minimum absolute atomic E-state index is 0.0587. The van der Waals surface area contributed by atoms with Crippen molar-refractivity contribution in [2.45, 2.75) is 24.5 Å². The third kappa shape index (κ3) is 2.86. The molecule has 2 heterocycles. The molecule has 1 aromatic carbocycles. The van der Waals surface area contributed by atoms with Gasteiger partial charge in [0.15, 0.2) is 0 Å². The minimum atomic E-state index is -0.0587. The monoisotopic (exact) mass is 336 g/mol. The van der Waals surface area contributed by atoms with Gasteiger partial charge < -0.3 is 4.98 Å². The number of hydrogen-bond acceptors (Lipinski definition) is 4. The Labute approximate surface area is 135 Å². The van der Waals surface area contributed by atoms with Gasteiger partial charge in [-0.05, 0) is 31.5 Å². The molecule has 2 aromatic heterocycles. The molecule has 0 amide bonds. The van der Waals surface area contributed by atoms with Gasteiger partial charge in [-0.2, -0.15) is 0 Å². The second-order valence-corrected chi connectivity index (χ2v) is 7.32. The number of halogens is 1. The Hall–Kier alpha value is -1.30. The Bertz CT molecular complexity index is 870. The fourth-order valence-electron chi connectivity index (χ4n) is 2.08. The second kappa shape index (κ2) is 5.83. The van der Waals surface area contributed by atoms with Crippen LogP contribution >= 0.6 is 34.7 Å². The van der Waals surface area contributed by atoms with Gasteiger partial charge in [0.25, 0.3) is 5.56 Å². The van der Waals surface area contributed by atoms with E-state index < -0.39 is 0 Å². The highest BCUT2D eigenvalue weighted by Gasteiger charge is 2.12. The molecule has 0 aliphatic rings. The number of fused-ring (bicyclic) bond motifs is 1. The number of nitrogens with zero attached hydrogens (tertiary/aromatic N) is 1. The standard InChI is InChI=1S/C15H13ClN2OS2/c1-8-9(2)21-15-13(8)14(19)17-12(18-15)7-20-11-6-4-3-5-10(11)16/h3-6H,7H2,1-2H3,(H,17,18,19). The summed E-state index contributed by atoms with van der Waals surface area (Å²) in [4.78, 5) is 22.6. The molecule has 0 saturated carbocycles. The van der Waals surface area contributed by atoms with E-state index in [1.54, 1.807) is 23.1 Å². The van der Waals surface area contributed by atoms with Gasteiger partial charge in [0.1, 0.15) is 10.7 Å². The number of rotatable bonds is 3. The number of aromatic amines is 1. The first-order valence-corrected chi connectivity index (χ1v) is 8.60. The van der Waals surface area contributed by atoms with E-state index in [4.69, 9.17) is 11.6 Å². The smallest absolute Gasteiger partial charge is 0.259 e. The molecule has 0 radical (unpaired) electrons. The van der Waals surface area contributed by atoms with Gasteiger partial charge in [0, 0.05) is 9.77 Å². The number of H-pyrrole nitrogens is 1. The van der Waals surface area contributed by atoms with Crippen molar-refractivity contribution in [3.63, 3.8) is 0 Å². The molecule has 0 aliphatic carbocycles. The van der Waals surface area contributed by atoms with Crippen molar-refractivity contribution in [2.75, 3.05) is 0 Å². The van der Waals surface area contributed by atoms with Crippen LogP contribution in [0, 0.1) is 13.8 Å². The van der Waals surface area contributed by atoms with Gasteiger partial charge in [0.2, 0.25) is 0 Å². The van der Waals surface area contributed by atoms with Crippen LogP contribution in [-0.2, 0) is 5.75 Å². The molecule has 0 fully saturated rings. The Morgan fingerprint density at radius 3 is 2.86 bits per heavy atom. The first kappa shape index (κ1) is 14.6. The van der Waals surface area contributed by atoms with E-state index >= 15 is 0 Å². The van der Waals surface area contributed by atoms with Crippen LogP contribution in [0.25, 0.3) is 10.2 Å². The lowest BCUT2D eigenvalue weighted by Gasteiger charge is -2.03. The first-order valence-electron chi connectivity index (χ1n) is 6.42. The van der Waals surface area contributed by atoms with Gasteiger partial charge >= 0.3 is 0 Å². The van der Waals surface area contributed by atoms with Crippen LogP contribution in [0.3, 0.4) is 0 Å². The van der Waals surface area contributed by atoms with Gasteiger partial charge in [-0.1, -0.05) is 23.7 Å². The van der Waals surface area contributed by atoms with Crippen molar-refractivity contribution in [3.05, 3.63) is 55.9 Å². The van der Waals surface area contributed by atoms with E-state index in [0.717, 1.165) is 20.2 Å². The van der Waals surface area contributed by atoms with Crippen molar-refractivity contribution in [1.29, 1.82) is 0 Å². The van der Waals surface area contributed by atoms with E-state index in [-0.39, 0.29) is 5.56 Å². The Kier molecular flexibility index (Phi) is 4.06. The average molecular weight is 337 g/mol. The molecule has 3 rings (SSSR count). The Morgan fingerprint density at radius 1 is 1.33 bits per heavy atom. The molecule has 0 bridgehead atoms. The fraction of sp³-hybridized carbons (Fsp3) is 0.200. The van der Waals surface area contributed by atoms with Crippen molar-refractivity contribution in [3.8, 4) is 0 Å². The zero-order chi connectivity index (χ0) is 15.0. The highest BCUT2D eigenvalue weighted by atomic mass is 35.5. The van der Waals surface area contributed by atoms with E-state index in [2.05, 4.69) is 9.97 Å². The molecule has 6 heteroatoms. The largest absolute Gasteiger partial charge is 0.309 e. The number of aromatic nitrogens is 2. The average Bonchev–Trinajstić information content (AvgIpc) is 2.73. The molecular formula is C15H13ClN2OS2. The lowest BCUT2D eigenvalue weighted by molar-refractivity contribution is 1.04. The van der Waals surface area contributed by atoms with Crippen LogP contribution in [0.15, 0.2) is 34.0 Å². The van der Waals surface area contributed by atoms with Gasteiger partial charge in [-0.25, -0.2) is 4.98 Å². The summed E-state index contributed by atoms with van der Waals surface area (Å²) in [7, 11) is 0. The maximum Gasteiger partial charge on any atom is 0.259 e. The SMILES string of the molecule is Cc1sc2nc(CSc3ccccc3Cl)[nH]c(=O)c2c1C. The van der Waals surface area contributed by atoms with Crippen LogP contribution in [0.2, 0.25) is 5.02 Å². The molecule has 108 valence electrons. The highest BCUT2D eigenvalue weighted by Crippen LogP contribution is 2.30. The molecular weight excluding hydrogens is 324 g/mol. The van der Waals surface area contributed by atoms with Crippen molar-refractivity contribution in [2.24, 2.45) is 0 Å². The number of hydrogen-bond donors (Lipinski definition) is 1. The summed E-state index contributed by atoms with van der Waals surface area (Å²) < 4.78 is 0. The summed E-state index contributed by atoms with van der Waals surface area (Å²) in [5.41, 5.74) is 0.964. The summed E-state index contributed by atoms with van der Waals surface area (Å²) in [5, 5.41) is 1.43. The normalized spacial score (nSPS) is 11.2. The molecule has 1 N–H and O–H groups in total. The molecule has 0 saturated heterocycles. The molecule has 0 unspecified atom stereocenters. The lowest BCUT2D eigenvalue weighted by Crippen LogP contribution is -2.10. The molecule has 21 heavy (non-hydrogen) atoms. The summed E-state index contributed by atoms with van der Waals surface area (Å²) in [6.45, 7) is 3.97. The maximum atomic E-state index is 12.2. The van der Waals surface area contributed by atoms with Crippen LogP contribution in [0.5, 0.6) is 0 Å². The molecule has 0 aliphatic heterocycles. The zero-order valence-electron chi connectivity index (χ0n) is 11.6. The van der Waals surface area contributed by atoms with Crippen LogP contribution < -0.4 is 5.56 Å². The predicted octanol–water partition coefficient (Wildman–Crippen LogP) is 4.55. The Balaban J connectivity index is 1.92. The van der Waals surface area contributed by atoms with E-state index in [1.807, 2.05) is 38.1 Å². The predicted molar refractivity (Wildman–Crippen MR) is 90.7 cm³/mol. The van der Waals surface area contributed by atoms with Crippen LogP contribution in [0.4, 0.5) is 0 Å². The van der Waals surface area contributed by atoms with Crippen molar-refractivity contribution >= 4 is 44.9 Å². The van der Waals surface area contributed by atoms with E-state index in [9.17, 15) is 4.79 Å². The number of aryl methyl sites for hydroxylation is 2. The Morgan fingerprint density at radius 2 is 2.10 bits per heavy atom. The summed E-state index contributed by atoms with van der Waals surface area (Å²) >= 11 is 9.26. The third-order valence-corrected chi connectivity index (χ3v) is 5.92. The van der Waals surface area contributed by atoms with Crippen molar-refractivity contribution in [1.82, 2.24) is 9.97 Å². The van der Waals surface area contributed by atoms with Gasteiger partial charge in [0.05, 0.1) is 16.2 Å². The van der Waals surface area contributed by atoms with Crippen LogP contribution in [0.1, 0.15) is 16.3 Å². The van der Waals surface area contributed by atoms with E-state index in [0.29, 0.717) is 22.0 Å². The quantitative estimate of drug-likeness (QED) is 0.714. The number of thiophene rings is 1. The van der Waals surface area contributed by atoms with Gasteiger partial charge in [-0.3, -0.25) is 4.79 Å². The highest BCUT2D eigenvalue weighted by molar-refractivity contribution is 7.98. The zero-order valence-corrected chi connectivity index (χ0v) is 14.0. The maximum absolute atomic E-state index is 12.2. The molecule has 3 nitrogen and oxygen atoms in total. The summed E-state index contributed by atoms with van der Waals surface area (Å²) in [6.07, 6.45) is 0. The summed E-state index contributed by atoms with van der Waals surface area (Å²) in [6, 6.07) is 7.66. The topological polar surface area (TPSA) is 45.8 Å². The first-order chi connectivity index (χ1) is 10.1. The minimum Gasteiger partial charge on any atom is -0.309 e.